The third-order valence-corrected chi connectivity index (χ3v) is 4.81. The van der Waals surface area contributed by atoms with E-state index in [4.69, 9.17) is 0 Å². The lowest BCUT2D eigenvalue weighted by molar-refractivity contribution is 0.0921. The second-order valence-corrected chi connectivity index (χ2v) is 6.37. The summed E-state index contributed by atoms with van der Waals surface area (Å²) in [5, 5.41) is 10.8. The van der Waals surface area contributed by atoms with Crippen LogP contribution in [-0.4, -0.2) is 11.2 Å². The van der Waals surface area contributed by atoms with Gasteiger partial charge in [0.05, 0.1) is 6.10 Å². The Balaban J connectivity index is 1.70. The molecule has 0 saturated carbocycles. The van der Waals surface area contributed by atoms with Crippen LogP contribution < -0.4 is 0 Å². The predicted octanol–water partition coefficient (Wildman–Crippen LogP) is 5.03. The van der Waals surface area contributed by atoms with Gasteiger partial charge in [0.2, 0.25) is 0 Å². The van der Waals surface area contributed by atoms with Crippen molar-refractivity contribution in [1.82, 2.24) is 0 Å². The van der Waals surface area contributed by atoms with E-state index in [1.54, 1.807) is 0 Å². The first-order chi connectivity index (χ1) is 11.3. The Morgan fingerprint density at radius 2 is 1.70 bits per heavy atom. The fourth-order valence-electron chi connectivity index (χ4n) is 3.34. The molecule has 1 N–H and O–H groups in total. The van der Waals surface area contributed by atoms with Crippen LogP contribution >= 0.6 is 0 Å². The maximum Gasteiger partial charge on any atom is 0.0815 e. The van der Waals surface area contributed by atoms with Crippen LogP contribution in [0.25, 0.3) is 6.08 Å². The zero-order valence-corrected chi connectivity index (χ0v) is 13.4. The summed E-state index contributed by atoms with van der Waals surface area (Å²) in [6.45, 7) is 0. The molecule has 0 spiro atoms. The zero-order chi connectivity index (χ0) is 16.0. The van der Waals surface area contributed by atoms with Crippen molar-refractivity contribution in [3.63, 3.8) is 0 Å². The third-order valence-electron chi connectivity index (χ3n) is 4.81. The van der Waals surface area contributed by atoms with E-state index in [0.717, 1.165) is 31.2 Å². The van der Waals surface area contributed by atoms with Gasteiger partial charge in [0, 0.05) is 5.41 Å². The van der Waals surface area contributed by atoms with E-state index in [1.165, 1.54) is 5.56 Å². The Morgan fingerprint density at radius 1 is 1.00 bits per heavy atom. The van der Waals surface area contributed by atoms with Crippen molar-refractivity contribution < 1.29 is 5.11 Å². The van der Waals surface area contributed by atoms with Gasteiger partial charge in [0.25, 0.3) is 0 Å². The molecule has 1 heteroatoms. The third kappa shape index (κ3) is 4.00. The molecular weight excluding hydrogens is 280 g/mol. The lowest BCUT2D eigenvalue weighted by atomic mass is 9.76. The highest BCUT2D eigenvalue weighted by Crippen LogP contribution is 2.40. The molecule has 0 unspecified atom stereocenters. The van der Waals surface area contributed by atoms with Gasteiger partial charge < -0.3 is 5.11 Å². The van der Waals surface area contributed by atoms with Crippen LogP contribution in [0.2, 0.25) is 0 Å². The molecule has 0 radical (unpaired) electrons. The van der Waals surface area contributed by atoms with E-state index in [0.29, 0.717) is 0 Å². The van der Waals surface area contributed by atoms with Gasteiger partial charge in [-0.25, -0.2) is 0 Å². The average Bonchev–Trinajstić information content (AvgIpc) is 3.10. The Hall–Kier alpha value is -2.12. The summed E-state index contributed by atoms with van der Waals surface area (Å²) in [5.41, 5.74) is 2.35. The van der Waals surface area contributed by atoms with Crippen molar-refractivity contribution in [2.45, 2.75) is 31.8 Å². The minimum Gasteiger partial charge on any atom is -0.388 e. The molecule has 1 nitrogen and oxygen atoms in total. The number of aliphatic hydroxyl groups is 1. The molecule has 0 heterocycles. The van der Waals surface area contributed by atoms with E-state index in [2.05, 4.69) is 48.6 Å². The normalized spacial score (nSPS) is 21.8. The van der Waals surface area contributed by atoms with Crippen LogP contribution in [0, 0.1) is 5.41 Å². The Bertz CT molecular complexity index is 657. The number of hydrogen-bond donors (Lipinski definition) is 1. The van der Waals surface area contributed by atoms with Crippen molar-refractivity contribution in [2.24, 2.45) is 5.41 Å². The van der Waals surface area contributed by atoms with Crippen LogP contribution in [0.15, 0.2) is 78.9 Å². The van der Waals surface area contributed by atoms with Gasteiger partial charge in [-0.15, -0.1) is 0 Å². The molecule has 1 aliphatic carbocycles. The van der Waals surface area contributed by atoms with Crippen LogP contribution in [0.3, 0.4) is 0 Å². The van der Waals surface area contributed by atoms with Gasteiger partial charge in [0.15, 0.2) is 0 Å². The summed E-state index contributed by atoms with van der Waals surface area (Å²) in [6.07, 6.45) is 12.1. The summed E-state index contributed by atoms with van der Waals surface area (Å²) >= 11 is 0. The molecule has 0 fully saturated rings. The smallest absolute Gasteiger partial charge is 0.0815 e. The second-order valence-electron chi connectivity index (χ2n) is 6.37. The first kappa shape index (κ1) is 15.8. The first-order valence-electron chi connectivity index (χ1n) is 8.41. The van der Waals surface area contributed by atoms with Gasteiger partial charge in [-0.3, -0.25) is 0 Å². The summed E-state index contributed by atoms with van der Waals surface area (Å²) in [5.74, 6) is 0. The van der Waals surface area contributed by atoms with Crippen LogP contribution in [0.5, 0.6) is 0 Å². The van der Waals surface area contributed by atoms with Crippen LogP contribution in [-0.2, 0) is 6.42 Å². The minimum absolute atomic E-state index is 0.124. The summed E-state index contributed by atoms with van der Waals surface area (Å²) in [4.78, 5) is 0. The summed E-state index contributed by atoms with van der Waals surface area (Å²) in [6, 6.07) is 20.7. The maximum atomic E-state index is 10.8. The van der Waals surface area contributed by atoms with Crippen molar-refractivity contribution in [1.29, 1.82) is 0 Å². The minimum atomic E-state index is -0.440. The predicted molar refractivity (Wildman–Crippen MR) is 97.1 cm³/mol. The van der Waals surface area contributed by atoms with Crippen molar-refractivity contribution in [2.75, 3.05) is 0 Å². The van der Waals surface area contributed by atoms with Gasteiger partial charge in [0.1, 0.15) is 0 Å². The number of hydrogen-bond acceptors (Lipinski definition) is 1. The topological polar surface area (TPSA) is 20.2 Å². The Labute approximate surface area is 139 Å². The van der Waals surface area contributed by atoms with E-state index in [9.17, 15) is 5.11 Å². The van der Waals surface area contributed by atoms with Crippen molar-refractivity contribution in [3.8, 4) is 0 Å². The number of aryl methyl sites for hydroxylation is 1. The maximum absolute atomic E-state index is 10.8. The lowest BCUT2D eigenvalue weighted by Crippen LogP contribution is -2.30. The highest BCUT2D eigenvalue weighted by molar-refractivity contribution is 5.49. The Kier molecular flexibility index (Phi) is 5.09. The highest BCUT2D eigenvalue weighted by Gasteiger charge is 2.35. The fraction of sp³-hybridized carbons (Fsp3) is 0.273. The molecule has 2 aromatic carbocycles. The number of aliphatic hydroxyl groups excluding tert-OH is 1. The lowest BCUT2D eigenvalue weighted by Gasteiger charge is -2.31. The molecule has 1 aliphatic rings. The molecule has 0 saturated heterocycles. The quantitative estimate of drug-likeness (QED) is 0.742. The van der Waals surface area contributed by atoms with Crippen LogP contribution in [0.1, 0.15) is 30.4 Å². The SMILES string of the molecule is O[C@H](/C=C/c1ccccc1)[C@@]1(CCc2ccccc2)C=CCC1. The monoisotopic (exact) mass is 304 g/mol. The molecule has 0 amide bonds. The molecule has 23 heavy (non-hydrogen) atoms. The summed E-state index contributed by atoms with van der Waals surface area (Å²) < 4.78 is 0. The average molecular weight is 304 g/mol. The van der Waals surface area contributed by atoms with Gasteiger partial charge in [-0.2, -0.15) is 0 Å². The van der Waals surface area contributed by atoms with Crippen LogP contribution in [0.4, 0.5) is 0 Å². The number of benzene rings is 2. The molecule has 2 atom stereocenters. The fourth-order valence-corrected chi connectivity index (χ4v) is 3.34. The summed E-state index contributed by atoms with van der Waals surface area (Å²) in [7, 11) is 0. The van der Waals surface area contributed by atoms with E-state index in [-0.39, 0.29) is 5.41 Å². The molecule has 2 aromatic rings. The van der Waals surface area contributed by atoms with E-state index >= 15 is 0 Å². The van der Waals surface area contributed by atoms with Gasteiger partial charge >= 0.3 is 0 Å². The van der Waals surface area contributed by atoms with E-state index in [1.807, 2.05) is 36.4 Å². The molecule has 0 aromatic heterocycles. The molecule has 3 rings (SSSR count). The second kappa shape index (κ2) is 7.43. The zero-order valence-electron chi connectivity index (χ0n) is 13.4. The van der Waals surface area contributed by atoms with Gasteiger partial charge in [-0.1, -0.05) is 85.0 Å². The first-order valence-corrected chi connectivity index (χ1v) is 8.41. The van der Waals surface area contributed by atoms with E-state index < -0.39 is 6.10 Å². The Morgan fingerprint density at radius 3 is 2.35 bits per heavy atom. The number of allylic oxidation sites excluding steroid dienone is 1. The van der Waals surface area contributed by atoms with Crippen molar-refractivity contribution >= 4 is 6.08 Å². The van der Waals surface area contributed by atoms with Crippen molar-refractivity contribution in [3.05, 3.63) is 90.0 Å². The molecule has 0 aliphatic heterocycles. The molecular formula is C22H24O. The molecule has 118 valence electrons. The standard InChI is InChI=1S/C22H24O/c23-21(14-13-19-9-3-1-4-10-19)22(16-7-8-17-22)18-15-20-11-5-2-6-12-20/h1-7,9-14,16,21,23H,8,15,17-18H2/b14-13+/t21-,22+/m1/s1. The molecule has 0 bridgehead atoms. The number of rotatable bonds is 6. The van der Waals surface area contributed by atoms with Gasteiger partial charge in [-0.05, 0) is 36.8 Å². The largest absolute Gasteiger partial charge is 0.388 e. The highest BCUT2D eigenvalue weighted by atomic mass is 16.3.